The molecule has 0 amide bonds. The third-order valence-electron chi connectivity index (χ3n) is 2.83. The third kappa shape index (κ3) is 3.22. The number of aromatic nitrogens is 2. The molecule has 1 unspecified atom stereocenters. The zero-order valence-corrected chi connectivity index (χ0v) is 13.3. The summed E-state index contributed by atoms with van der Waals surface area (Å²) in [7, 11) is 0. The van der Waals surface area contributed by atoms with Gasteiger partial charge in [-0.05, 0) is 36.6 Å². The Bertz CT molecular complexity index is 537. The molecule has 18 heavy (non-hydrogen) atoms. The van der Waals surface area contributed by atoms with Crippen LogP contribution in [0.1, 0.15) is 24.1 Å². The van der Waals surface area contributed by atoms with Gasteiger partial charge in [-0.3, -0.25) is 4.68 Å². The molecule has 0 radical (unpaired) electrons. The van der Waals surface area contributed by atoms with Crippen LogP contribution in [0.2, 0.25) is 0 Å². The standard InChI is InChI=1S/C13H15Br2N3/c1-2-18-8-9(7-17-18)5-13(16)11-4-3-10(14)6-12(11)15/h3-4,6-8,13H,2,5,16H2,1H3. The van der Waals surface area contributed by atoms with Crippen molar-refractivity contribution in [1.82, 2.24) is 9.78 Å². The van der Waals surface area contributed by atoms with Gasteiger partial charge in [0.1, 0.15) is 0 Å². The molecule has 0 bridgehead atoms. The lowest BCUT2D eigenvalue weighted by molar-refractivity contribution is 0.657. The summed E-state index contributed by atoms with van der Waals surface area (Å²) >= 11 is 6.99. The van der Waals surface area contributed by atoms with E-state index < -0.39 is 0 Å². The first-order valence-corrected chi connectivity index (χ1v) is 7.40. The first-order chi connectivity index (χ1) is 8.60. The minimum absolute atomic E-state index is 0.0259. The van der Waals surface area contributed by atoms with E-state index in [2.05, 4.69) is 43.9 Å². The maximum absolute atomic E-state index is 6.25. The van der Waals surface area contributed by atoms with Crippen molar-refractivity contribution in [2.24, 2.45) is 5.73 Å². The van der Waals surface area contributed by atoms with E-state index in [1.807, 2.05) is 35.3 Å². The molecule has 2 rings (SSSR count). The summed E-state index contributed by atoms with van der Waals surface area (Å²) in [4.78, 5) is 0. The summed E-state index contributed by atoms with van der Waals surface area (Å²) in [6.45, 7) is 2.96. The van der Waals surface area contributed by atoms with Crippen LogP contribution < -0.4 is 5.73 Å². The highest BCUT2D eigenvalue weighted by atomic mass is 79.9. The minimum atomic E-state index is -0.0259. The molecule has 5 heteroatoms. The number of benzene rings is 1. The third-order valence-corrected chi connectivity index (χ3v) is 4.01. The lowest BCUT2D eigenvalue weighted by Crippen LogP contribution is -2.13. The lowest BCUT2D eigenvalue weighted by Gasteiger charge is -2.13. The summed E-state index contributed by atoms with van der Waals surface area (Å²) in [5.41, 5.74) is 8.53. The molecule has 2 N–H and O–H groups in total. The molecular formula is C13H15Br2N3. The average molecular weight is 373 g/mol. The number of hydrogen-bond acceptors (Lipinski definition) is 2. The molecule has 1 heterocycles. The summed E-state index contributed by atoms with van der Waals surface area (Å²) in [5.74, 6) is 0. The van der Waals surface area contributed by atoms with Crippen molar-refractivity contribution in [2.45, 2.75) is 25.9 Å². The van der Waals surface area contributed by atoms with Gasteiger partial charge in [-0.25, -0.2) is 0 Å². The molecule has 1 aromatic heterocycles. The summed E-state index contributed by atoms with van der Waals surface area (Å²) < 4.78 is 4.00. The largest absolute Gasteiger partial charge is 0.324 e. The van der Waals surface area contributed by atoms with Crippen molar-refractivity contribution in [3.63, 3.8) is 0 Å². The van der Waals surface area contributed by atoms with Crippen LogP contribution in [0, 0.1) is 0 Å². The number of halogens is 2. The van der Waals surface area contributed by atoms with Gasteiger partial charge in [0.25, 0.3) is 0 Å². The van der Waals surface area contributed by atoms with Gasteiger partial charge in [-0.15, -0.1) is 0 Å². The Labute approximate surface area is 124 Å². The number of aryl methyl sites for hydroxylation is 1. The molecule has 0 spiro atoms. The van der Waals surface area contributed by atoms with Crippen molar-refractivity contribution in [3.05, 3.63) is 50.7 Å². The highest BCUT2D eigenvalue weighted by Gasteiger charge is 2.12. The fourth-order valence-corrected chi connectivity index (χ4v) is 3.19. The fourth-order valence-electron chi connectivity index (χ4n) is 1.85. The van der Waals surface area contributed by atoms with Crippen LogP contribution in [-0.4, -0.2) is 9.78 Å². The van der Waals surface area contributed by atoms with E-state index in [1.54, 1.807) is 0 Å². The van der Waals surface area contributed by atoms with Crippen LogP contribution in [0.3, 0.4) is 0 Å². The van der Waals surface area contributed by atoms with Crippen molar-refractivity contribution >= 4 is 31.9 Å². The summed E-state index contributed by atoms with van der Waals surface area (Å²) in [6, 6.07) is 6.05. The van der Waals surface area contributed by atoms with Crippen LogP contribution in [0.25, 0.3) is 0 Å². The molecule has 0 saturated carbocycles. The molecule has 2 aromatic rings. The van der Waals surface area contributed by atoms with Gasteiger partial charge in [0.2, 0.25) is 0 Å². The fraction of sp³-hybridized carbons (Fsp3) is 0.308. The molecule has 1 aromatic carbocycles. The zero-order valence-electron chi connectivity index (χ0n) is 10.1. The molecular weight excluding hydrogens is 358 g/mol. The second-order valence-corrected chi connectivity index (χ2v) is 5.95. The predicted octanol–water partition coefficient (Wildman–Crippen LogP) is 3.67. The van der Waals surface area contributed by atoms with E-state index in [-0.39, 0.29) is 6.04 Å². The van der Waals surface area contributed by atoms with Crippen LogP contribution in [0.5, 0.6) is 0 Å². The molecule has 3 nitrogen and oxygen atoms in total. The summed E-state index contributed by atoms with van der Waals surface area (Å²) in [5, 5.41) is 4.26. The molecule has 0 saturated heterocycles. The van der Waals surface area contributed by atoms with E-state index in [0.717, 1.165) is 27.5 Å². The second kappa shape index (κ2) is 5.99. The maximum atomic E-state index is 6.25. The number of nitrogens with two attached hydrogens (primary N) is 1. The van der Waals surface area contributed by atoms with Crippen molar-refractivity contribution < 1.29 is 0 Å². The first kappa shape index (κ1) is 13.8. The average Bonchev–Trinajstić information content (AvgIpc) is 2.76. The molecule has 0 aliphatic rings. The van der Waals surface area contributed by atoms with E-state index >= 15 is 0 Å². The SMILES string of the molecule is CCn1cc(CC(N)c2ccc(Br)cc2Br)cn1. The molecule has 1 atom stereocenters. The van der Waals surface area contributed by atoms with Crippen LogP contribution in [-0.2, 0) is 13.0 Å². The Balaban J connectivity index is 2.13. The Kier molecular flexibility index (Phi) is 4.59. The smallest absolute Gasteiger partial charge is 0.0522 e. The van der Waals surface area contributed by atoms with Gasteiger partial charge in [-0.1, -0.05) is 37.9 Å². The van der Waals surface area contributed by atoms with Gasteiger partial charge in [0.15, 0.2) is 0 Å². The van der Waals surface area contributed by atoms with Gasteiger partial charge in [-0.2, -0.15) is 5.10 Å². The quantitative estimate of drug-likeness (QED) is 0.889. The van der Waals surface area contributed by atoms with Gasteiger partial charge in [0.05, 0.1) is 6.20 Å². The van der Waals surface area contributed by atoms with Crippen molar-refractivity contribution in [2.75, 3.05) is 0 Å². The second-order valence-electron chi connectivity index (χ2n) is 4.18. The highest BCUT2D eigenvalue weighted by molar-refractivity contribution is 9.11. The zero-order chi connectivity index (χ0) is 13.1. The number of hydrogen-bond donors (Lipinski definition) is 1. The maximum Gasteiger partial charge on any atom is 0.0522 e. The topological polar surface area (TPSA) is 43.8 Å². The lowest BCUT2D eigenvalue weighted by atomic mass is 10.0. The van der Waals surface area contributed by atoms with E-state index in [9.17, 15) is 0 Å². The van der Waals surface area contributed by atoms with Crippen LogP contribution >= 0.6 is 31.9 Å². The van der Waals surface area contributed by atoms with Gasteiger partial charge in [0, 0.05) is 27.7 Å². The molecule has 0 aliphatic heterocycles. The Morgan fingerprint density at radius 1 is 1.39 bits per heavy atom. The predicted molar refractivity (Wildman–Crippen MR) is 80.4 cm³/mol. The Morgan fingerprint density at radius 2 is 2.17 bits per heavy atom. The first-order valence-electron chi connectivity index (χ1n) is 5.82. The van der Waals surface area contributed by atoms with Crippen molar-refractivity contribution in [1.29, 1.82) is 0 Å². The van der Waals surface area contributed by atoms with Crippen LogP contribution in [0.4, 0.5) is 0 Å². The normalized spacial score (nSPS) is 12.7. The monoisotopic (exact) mass is 371 g/mol. The number of rotatable bonds is 4. The van der Waals surface area contributed by atoms with Crippen molar-refractivity contribution in [3.8, 4) is 0 Å². The van der Waals surface area contributed by atoms with E-state index in [1.165, 1.54) is 5.56 Å². The summed E-state index contributed by atoms with van der Waals surface area (Å²) in [6.07, 6.45) is 4.73. The van der Waals surface area contributed by atoms with Crippen LogP contribution in [0.15, 0.2) is 39.5 Å². The van der Waals surface area contributed by atoms with E-state index in [0.29, 0.717) is 0 Å². The highest BCUT2D eigenvalue weighted by Crippen LogP contribution is 2.27. The molecule has 0 aliphatic carbocycles. The van der Waals surface area contributed by atoms with E-state index in [4.69, 9.17) is 5.73 Å². The number of nitrogens with zero attached hydrogens (tertiary/aromatic N) is 2. The molecule has 96 valence electrons. The minimum Gasteiger partial charge on any atom is -0.324 e. The van der Waals surface area contributed by atoms with Gasteiger partial charge >= 0.3 is 0 Å². The Hall–Kier alpha value is -0.650. The Morgan fingerprint density at radius 3 is 2.78 bits per heavy atom. The molecule has 0 fully saturated rings. The van der Waals surface area contributed by atoms with Gasteiger partial charge < -0.3 is 5.73 Å².